The van der Waals surface area contributed by atoms with Gasteiger partial charge in [-0.05, 0) is 48.9 Å². The van der Waals surface area contributed by atoms with Gasteiger partial charge in [0.15, 0.2) is 0 Å². The molecule has 0 bridgehead atoms. The number of nitriles is 1. The molecule has 0 aliphatic carbocycles. The van der Waals surface area contributed by atoms with Crippen molar-refractivity contribution in [1.29, 1.82) is 5.26 Å². The molecule has 0 atom stereocenters. The molecule has 1 aliphatic rings. The Balaban J connectivity index is 1.73. The monoisotopic (exact) mass is 441 g/mol. The van der Waals surface area contributed by atoms with Crippen molar-refractivity contribution in [2.75, 3.05) is 26.2 Å². The van der Waals surface area contributed by atoms with Crippen molar-refractivity contribution in [2.24, 2.45) is 0 Å². The Kier molecular flexibility index (Phi) is 6.45. The van der Waals surface area contributed by atoms with E-state index >= 15 is 0 Å². The average molecular weight is 441 g/mol. The normalized spacial score (nSPS) is 16.8. The molecule has 3 rings (SSSR count). The minimum atomic E-state index is -4.98. The lowest BCUT2D eigenvalue weighted by Gasteiger charge is -2.22. The van der Waals surface area contributed by atoms with Crippen molar-refractivity contribution in [3.63, 3.8) is 0 Å². The predicted molar refractivity (Wildman–Crippen MR) is 101 cm³/mol. The van der Waals surface area contributed by atoms with Crippen molar-refractivity contribution >= 4 is 10.0 Å². The van der Waals surface area contributed by atoms with E-state index in [9.17, 15) is 26.0 Å². The van der Waals surface area contributed by atoms with E-state index in [1.807, 2.05) is 23.1 Å². The van der Waals surface area contributed by atoms with Gasteiger partial charge in [-0.2, -0.15) is 22.7 Å². The molecular weight excluding hydrogens is 422 g/mol. The number of alkyl halides is 3. The number of hydrogen-bond acceptors (Lipinski definition) is 4. The van der Waals surface area contributed by atoms with Crippen molar-refractivity contribution in [2.45, 2.75) is 24.0 Å². The van der Waals surface area contributed by atoms with Crippen LogP contribution in [0.15, 0.2) is 47.4 Å². The zero-order valence-electron chi connectivity index (χ0n) is 15.9. The Hall–Kier alpha value is -2.48. The second-order valence-corrected chi connectivity index (χ2v) is 8.92. The summed E-state index contributed by atoms with van der Waals surface area (Å²) in [5, 5.41) is 8.86. The minimum absolute atomic E-state index is 0.108. The second-order valence-electron chi connectivity index (χ2n) is 6.98. The zero-order chi connectivity index (χ0) is 21.9. The van der Waals surface area contributed by atoms with Gasteiger partial charge < -0.3 is 0 Å². The van der Waals surface area contributed by atoms with Crippen LogP contribution >= 0.6 is 0 Å². The lowest BCUT2D eigenvalue weighted by Crippen LogP contribution is -2.35. The molecule has 0 amide bonds. The van der Waals surface area contributed by atoms with Crippen LogP contribution in [-0.4, -0.2) is 43.8 Å². The Morgan fingerprint density at radius 3 is 2.33 bits per heavy atom. The first-order valence-electron chi connectivity index (χ1n) is 9.19. The Bertz CT molecular complexity index is 1050. The van der Waals surface area contributed by atoms with E-state index < -0.39 is 32.5 Å². The highest BCUT2D eigenvalue weighted by Gasteiger charge is 2.36. The molecule has 0 unspecified atom stereocenters. The maximum absolute atomic E-state index is 13.5. The van der Waals surface area contributed by atoms with Crippen LogP contribution in [0.2, 0.25) is 0 Å². The van der Waals surface area contributed by atoms with Gasteiger partial charge in [-0.15, -0.1) is 0 Å². The summed E-state index contributed by atoms with van der Waals surface area (Å²) in [6.07, 6.45) is -4.48. The lowest BCUT2D eigenvalue weighted by molar-refractivity contribution is -0.140. The predicted octanol–water partition coefficient (Wildman–Crippen LogP) is 3.61. The van der Waals surface area contributed by atoms with Gasteiger partial charge >= 0.3 is 6.18 Å². The first-order valence-corrected chi connectivity index (χ1v) is 10.6. The van der Waals surface area contributed by atoms with Crippen LogP contribution in [0.3, 0.4) is 0 Å². The highest BCUT2D eigenvalue weighted by molar-refractivity contribution is 7.89. The molecule has 1 fully saturated rings. The Morgan fingerprint density at radius 2 is 1.70 bits per heavy atom. The fourth-order valence-corrected chi connectivity index (χ4v) is 4.82. The van der Waals surface area contributed by atoms with Crippen LogP contribution in [0.1, 0.15) is 23.1 Å². The van der Waals surface area contributed by atoms with E-state index in [4.69, 9.17) is 5.26 Å². The molecular formula is C20H19F4N3O2S. The van der Waals surface area contributed by atoms with Crippen molar-refractivity contribution in [1.82, 2.24) is 9.21 Å². The SMILES string of the molecule is N#Cc1ccc(CN2CCCN(S(=O)(=O)c3ccc(F)c(C(F)(F)F)c3)CC2)cc1. The van der Waals surface area contributed by atoms with Gasteiger partial charge in [-0.3, -0.25) is 4.90 Å². The molecule has 30 heavy (non-hydrogen) atoms. The van der Waals surface area contributed by atoms with Gasteiger partial charge in [-0.1, -0.05) is 12.1 Å². The maximum Gasteiger partial charge on any atom is 0.419 e. The summed E-state index contributed by atoms with van der Waals surface area (Å²) in [6, 6.07) is 10.9. The largest absolute Gasteiger partial charge is 0.419 e. The second kappa shape index (κ2) is 8.71. The van der Waals surface area contributed by atoms with Crippen LogP contribution in [0.5, 0.6) is 0 Å². The van der Waals surface area contributed by atoms with Crippen LogP contribution in [0, 0.1) is 17.1 Å². The fraction of sp³-hybridized carbons (Fsp3) is 0.350. The van der Waals surface area contributed by atoms with Gasteiger partial charge in [0.2, 0.25) is 10.0 Å². The summed E-state index contributed by atoms with van der Waals surface area (Å²) in [5.41, 5.74) is -0.0797. The number of sulfonamides is 1. The number of benzene rings is 2. The van der Waals surface area contributed by atoms with Crippen LogP contribution < -0.4 is 0 Å². The molecule has 0 radical (unpaired) electrons. The van der Waals surface area contributed by atoms with Gasteiger partial charge in [0, 0.05) is 26.2 Å². The summed E-state index contributed by atoms with van der Waals surface area (Å²) < 4.78 is 79.2. The summed E-state index contributed by atoms with van der Waals surface area (Å²) in [6.45, 7) is 1.84. The third-order valence-electron chi connectivity index (χ3n) is 4.92. The molecule has 0 saturated carbocycles. The van der Waals surface area contributed by atoms with Crippen molar-refractivity contribution < 1.29 is 26.0 Å². The summed E-state index contributed by atoms with van der Waals surface area (Å²) in [4.78, 5) is 1.47. The topological polar surface area (TPSA) is 64.4 Å². The van der Waals surface area contributed by atoms with Crippen LogP contribution in [-0.2, 0) is 22.7 Å². The molecule has 0 N–H and O–H groups in total. The minimum Gasteiger partial charge on any atom is -0.298 e. The highest BCUT2D eigenvalue weighted by atomic mass is 32.2. The molecule has 10 heteroatoms. The summed E-state index contributed by atoms with van der Waals surface area (Å²) in [7, 11) is -4.19. The number of nitrogens with zero attached hydrogens (tertiary/aromatic N) is 3. The van der Waals surface area contributed by atoms with Gasteiger partial charge in [0.25, 0.3) is 0 Å². The molecule has 160 valence electrons. The standard InChI is InChI=1S/C20H19F4N3O2S/c21-19-7-6-17(12-18(19)20(22,23)24)30(28,29)27-9-1-8-26(10-11-27)14-16-4-2-15(13-25)3-5-16/h2-7,12H,1,8-11,14H2. The summed E-state index contributed by atoms with van der Waals surface area (Å²) >= 11 is 0. The van der Waals surface area contributed by atoms with E-state index in [0.29, 0.717) is 43.8 Å². The van der Waals surface area contributed by atoms with Crippen LogP contribution in [0.25, 0.3) is 0 Å². The number of rotatable bonds is 4. The molecule has 1 heterocycles. The average Bonchev–Trinajstić information content (AvgIpc) is 2.94. The zero-order valence-corrected chi connectivity index (χ0v) is 16.7. The molecule has 1 aliphatic heterocycles. The van der Waals surface area contributed by atoms with E-state index in [1.165, 1.54) is 0 Å². The number of hydrogen-bond donors (Lipinski definition) is 0. The molecule has 0 aromatic heterocycles. The van der Waals surface area contributed by atoms with E-state index in [1.54, 1.807) is 12.1 Å². The lowest BCUT2D eigenvalue weighted by atomic mass is 10.1. The van der Waals surface area contributed by atoms with Crippen LogP contribution in [0.4, 0.5) is 17.6 Å². The fourth-order valence-electron chi connectivity index (χ4n) is 3.32. The van der Waals surface area contributed by atoms with E-state index in [2.05, 4.69) is 0 Å². The van der Waals surface area contributed by atoms with E-state index in [0.717, 1.165) is 15.9 Å². The molecule has 2 aromatic rings. The van der Waals surface area contributed by atoms with E-state index in [-0.39, 0.29) is 13.1 Å². The third kappa shape index (κ3) is 4.98. The van der Waals surface area contributed by atoms with Crippen molar-refractivity contribution in [3.05, 3.63) is 65.0 Å². The van der Waals surface area contributed by atoms with Gasteiger partial charge in [0.1, 0.15) is 5.82 Å². The quantitative estimate of drug-likeness (QED) is 0.680. The molecule has 2 aromatic carbocycles. The van der Waals surface area contributed by atoms with Gasteiger partial charge in [-0.25, -0.2) is 12.8 Å². The third-order valence-corrected chi connectivity index (χ3v) is 6.81. The van der Waals surface area contributed by atoms with Gasteiger partial charge in [0.05, 0.1) is 22.1 Å². The maximum atomic E-state index is 13.5. The molecule has 0 spiro atoms. The summed E-state index contributed by atoms with van der Waals surface area (Å²) in [5.74, 6) is -1.51. The Morgan fingerprint density at radius 1 is 1.00 bits per heavy atom. The first-order chi connectivity index (χ1) is 14.1. The Labute approximate surface area is 172 Å². The molecule has 5 nitrogen and oxygen atoms in total. The first kappa shape index (κ1) is 22.2. The molecule has 1 saturated heterocycles. The smallest absolute Gasteiger partial charge is 0.298 e. The van der Waals surface area contributed by atoms with Crippen molar-refractivity contribution in [3.8, 4) is 6.07 Å². The highest BCUT2D eigenvalue weighted by Crippen LogP contribution is 2.33. The number of halogens is 4.